The van der Waals surface area contributed by atoms with Crippen LogP contribution in [0, 0.1) is 0 Å². The van der Waals surface area contributed by atoms with Crippen molar-refractivity contribution < 1.29 is 9.53 Å². The third-order valence-corrected chi connectivity index (χ3v) is 5.31. The zero-order valence-corrected chi connectivity index (χ0v) is 16.8. The largest absolute Gasteiger partial charge is 0.463 e. The van der Waals surface area contributed by atoms with Crippen LogP contribution in [0.15, 0.2) is 48.5 Å². The monoisotopic (exact) mass is 389 g/mol. The highest BCUT2D eigenvalue weighted by molar-refractivity contribution is 5.87. The molecule has 4 rings (SSSR count). The second-order valence-corrected chi connectivity index (χ2v) is 7.54. The molecule has 5 nitrogen and oxygen atoms in total. The highest BCUT2D eigenvalue weighted by atomic mass is 16.5. The van der Waals surface area contributed by atoms with Gasteiger partial charge in [-0.1, -0.05) is 37.1 Å². The number of imidazole rings is 1. The molecule has 0 aliphatic heterocycles. The van der Waals surface area contributed by atoms with Gasteiger partial charge >= 0.3 is 5.97 Å². The Morgan fingerprint density at radius 1 is 1.21 bits per heavy atom. The average Bonchev–Trinajstić information content (AvgIpc) is 3.37. The van der Waals surface area contributed by atoms with Gasteiger partial charge in [-0.2, -0.15) is 0 Å². The molecule has 0 atom stereocenters. The van der Waals surface area contributed by atoms with E-state index in [9.17, 15) is 4.79 Å². The van der Waals surface area contributed by atoms with Gasteiger partial charge in [0.2, 0.25) is 0 Å². The molecule has 0 amide bonds. The molecule has 0 unspecified atom stereocenters. The van der Waals surface area contributed by atoms with Gasteiger partial charge in [0, 0.05) is 24.2 Å². The van der Waals surface area contributed by atoms with Gasteiger partial charge in [-0.25, -0.2) is 9.78 Å². The maximum absolute atomic E-state index is 11.4. The standard InChI is InChI=1S/C24H27N3O2/c1-2-29-24(28)14-11-17-7-9-18(10-8-17)15-23-26-21-13-12-20(16-22(21)27-23)25-19-5-3-4-6-19/h7-14,16,19,25H,2-6,15H2,1H3,(H,26,27). The van der Waals surface area contributed by atoms with Crippen LogP contribution < -0.4 is 5.32 Å². The summed E-state index contributed by atoms with van der Waals surface area (Å²) in [5.41, 5.74) is 5.36. The Balaban J connectivity index is 1.41. The highest BCUT2D eigenvalue weighted by Crippen LogP contribution is 2.24. The molecule has 1 aliphatic rings. The van der Waals surface area contributed by atoms with E-state index in [1.165, 1.54) is 37.3 Å². The van der Waals surface area contributed by atoms with Crippen molar-refractivity contribution in [2.45, 2.75) is 45.1 Å². The number of aromatic nitrogens is 2. The summed E-state index contributed by atoms with van der Waals surface area (Å²) < 4.78 is 4.90. The van der Waals surface area contributed by atoms with Gasteiger partial charge in [0.1, 0.15) is 5.82 Å². The van der Waals surface area contributed by atoms with E-state index in [0.29, 0.717) is 12.6 Å². The molecule has 2 aromatic carbocycles. The number of ether oxygens (including phenoxy) is 1. The lowest BCUT2D eigenvalue weighted by molar-refractivity contribution is -0.137. The van der Waals surface area contributed by atoms with Crippen LogP contribution in [0.25, 0.3) is 17.1 Å². The van der Waals surface area contributed by atoms with Crippen molar-refractivity contribution in [1.82, 2.24) is 9.97 Å². The molecule has 0 bridgehead atoms. The number of nitrogens with zero attached hydrogens (tertiary/aromatic N) is 1. The first-order valence-corrected chi connectivity index (χ1v) is 10.4. The molecule has 29 heavy (non-hydrogen) atoms. The second-order valence-electron chi connectivity index (χ2n) is 7.54. The second kappa shape index (κ2) is 8.95. The zero-order chi connectivity index (χ0) is 20.1. The number of nitrogens with one attached hydrogen (secondary N) is 2. The molecule has 1 saturated carbocycles. The number of esters is 1. The third-order valence-electron chi connectivity index (χ3n) is 5.31. The van der Waals surface area contributed by atoms with Crippen molar-refractivity contribution in [3.05, 3.63) is 65.5 Å². The van der Waals surface area contributed by atoms with Crippen molar-refractivity contribution >= 4 is 28.8 Å². The SMILES string of the molecule is CCOC(=O)C=Cc1ccc(Cc2nc3ccc(NC4CCCC4)cc3[nH]2)cc1. The predicted molar refractivity (Wildman–Crippen MR) is 117 cm³/mol. The minimum absolute atomic E-state index is 0.319. The van der Waals surface area contributed by atoms with E-state index in [4.69, 9.17) is 9.72 Å². The minimum Gasteiger partial charge on any atom is -0.463 e. The molecule has 1 fully saturated rings. The number of hydrogen-bond donors (Lipinski definition) is 2. The number of fused-ring (bicyclic) bond motifs is 1. The zero-order valence-electron chi connectivity index (χ0n) is 16.8. The fraction of sp³-hybridized carbons (Fsp3) is 0.333. The normalized spacial score (nSPS) is 14.7. The minimum atomic E-state index is -0.319. The summed E-state index contributed by atoms with van der Waals surface area (Å²) >= 11 is 0. The molecule has 0 saturated heterocycles. The lowest BCUT2D eigenvalue weighted by atomic mass is 10.1. The molecule has 3 aromatic rings. The van der Waals surface area contributed by atoms with Crippen molar-refractivity contribution in [2.75, 3.05) is 11.9 Å². The number of benzene rings is 2. The van der Waals surface area contributed by atoms with Gasteiger partial charge < -0.3 is 15.0 Å². The first-order valence-electron chi connectivity index (χ1n) is 10.4. The number of anilines is 1. The van der Waals surface area contributed by atoms with Gasteiger partial charge in [0.15, 0.2) is 0 Å². The summed E-state index contributed by atoms with van der Waals surface area (Å²) in [4.78, 5) is 19.6. The van der Waals surface area contributed by atoms with Crippen molar-refractivity contribution in [3.63, 3.8) is 0 Å². The Kier molecular flexibility index (Phi) is 5.94. The summed E-state index contributed by atoms with van der Waals surface area (Å²) in [6, 6.07) is 15.1. The number of aromatic amines is 1. The Labute approximate surface area is 171 Å². The summed E-state index contributed by atoms with van der Waals surface area (Å²) in [5, 5.41) is 3.64. The van der Waals surface area contributed by atoms with Crippen LogP contribution in [0.1, 0.15) is 49.6 Å². The molecule has 1 heterocycles. The molecule has 2 N–H and O–H groups in total. The van der Waals surface area contributed by atoms with E-state index in [-0.39, 0.29) is 5.97 Å². The van der Waals surface area contributed by atoms with E-state index in [1.807, 2.05) is 12.1 Å². The topological polar surface area (TPSA) is 67.0 Å². The van der Waals surface area contributed by atoms with Gasteiger partial charge in [-0.15, -0.1) is 0 Å². The summed E-state index contributed by atoms with van der Waals surface area (Å²) in [5.74, 6) is 0.633. The van der Waals surface area contributed by atoms with E-state index in [0.717, 1.165) is 34.5 Å². The van der Waals surface area contributed by atoms with Gasteiger partial charge in [-0.3, -0.25) is 0 Å². The molecular weight excluding hydrogens is 362 g/mol. The fourth-order valence-electron chi connectivity index (χ4n) is 3.84. The fourth-order valence-corrected chi connectivity index (χ4v) is 3.84. The van der Waals surface area contributed by atoms with Gasteiger partial charge in [-0.05, 0) is 55.2 Å². The first-order chi connectivity index (χ1) is 14.2. The van der Waals surface area contributed by atoms with Gasteiger partial charge in [0.05, 0.1) is 17.6 Å². The molecule has 0 radical (unpaired) electrons. The van der Waals surface area contributed by atoms with Crippen LogP contribution in [0.5, 0.6) is 0 Å². The van der Waals surface area contributed by atoms with Crippen molar-refractivity contribution in [2.24, 2.45) is 0 Å². The number of hydrogen-bond acceptors (Lipinski definition) is 4. The number of carbonyl (C=O) groups is 1. The maximum atomic E-state index is 11.4. The molecular formula is C24H27N3O2. The molecule has 150 valence electrons. The third kappa shape index (κ3) is 5.05. The quantitative estimate of drug-likeness (QED) is 0.437. The average molecular weight is 389 g/mol. The Bertz CT molecular complexity index is 999. The molecule has 0 spiro atoms. The van der Waals surface area contributed by atoms with Crippen LogP contribution in [0.2, 0.25) is 0 Å². The van der Waals surface area contributed by atoms with Gasteiger partial charge in [0.25, 0.3) is 0 Å². The summed E-state index contributed by atoms with van der Waals surface area (Å²) in [6.07, 6.45) is 9.13. The Hall–Kier alpha value is -3.08. The Morgan fingerprint density at radius 3 is 2.76 bits per heavy atom. The smallest absolute Gasteiger partial charge is 0.330 e. The van der Waals surface area contributed by atoms with Crippen LogP contribution in [0.4, 0.5) is 5.69 Å². The van der Waals surface area contributed by atoms with Crippen LogP contribution in [0.3, 0.4) is 0 Å². The van der Waals surface area contributed by atoms with Crippen LogP contribution in [-0.4, -0.2) is 28.6 Å². The Morgan fingerprint density at radius 2 is 2.00 bits per heavy atom. The van der Waals surface area contributed by atoms with Crippen LogP contribution >= 0.6 is 0 Å². The number of H-pyrrole nitrogens is 1. The van der Waals surface area contributed by atoms with E-state index < -0.39 is 0 Å². The first kappa shape index (κ1) is 19.2. The summed E-state index contributed by atoms with van der Waals surface area (Å²) in [6.45, 7) is 2.18. The highest BCUT2D eigenvalue weighted by Gasteiger charge is 2.14. The lowest BCUT2D eigenvalue weighted by Crippen LogP contribution is -2.14. The number of rotatable bonds is 7. The maximum Gasteiger partial charge on any atom is 0.330 e. The van der Waals surface area contributed by atoms with E-state index in [2.05, 4.69) is 40.6 Å². The van der Waals surface area contributed by atoms with E-state index >= 15 is 0 Å². The van der Waals surface area contributed by atoms with Crippen molar-refractivity contribution in [3.8, 4) is 0 Å². The number of carbonyl (C=O) groups excluding carboxylic acids is 1. The van der Waals surface area contributed by atoms with Crippen LogP contribution in [-0.2, 0) is 16.0 Å². The molecule has 1 aliphatic carbocycles. The predicted octanol–water partition coefficient (Wildman–Crippen LogP) is 5.08. The lowest BCUT2D eigenvalue weighted by Gasteiger charge is -2.13. The summed E-state index contributed by atoms with van der Waals surface area (Å²) in [7, 11) is 0. The molecule has 1 aromatic heterocycles. The van der Waals surface area contributed by atoms with Crippen molar-refractivity contribution in [1.29, 1.82) is 0 Å². The molecule has 5 heteroatoms. The van der Waals surface area contributed by atoms with E-state index in [1.54, 1.807) is 13.0 Å².